The van der Waals surface area contributed by atoms with Crippen molar-refractivity contribution in [1.29, 1.82) is 0 Å². The molecule has 1 unspecified atom stereocenters. The number of allylic oxidation sites excluding steroid dienone is 2. The van der Waals surface area contributed by atoms with E-state index in [0.717, 1.165) is 5.56 Å². The number of alkyl halides is 3. The quantitative estimate of drug-likeness (QED) is 0.764. The molecule has 0 spiro atoms. The van der Waals surface area contributed by atoms with Gasteiger partial charge in [0.1, 0.15) is 11.9 Å². The lowest BCUT2D eigenvalue weighted by Crippen LogP contribution is -2.24. The van der Waals surface area contributed by atoms with Gasteiger partial charge in [0.25, 0.3) is 0 Å². The summed E-state index contributed by atoms with van der Waals surface area (Å²) < 4.78 is 44.1. The fourth-order valence-electron chi connectivity index (χ4n) is 2.06. The maximum absolute atomic E-state index is 12.8. The minimum absolute atomic E-state index is 0.158. The SMILES string of the molecule is C=Cc1ccc(OC2C=CC(C)=C(C(F)(F)F)C2)cc1. The highest BCUT2D eigenvalue weighted by atomic mass is 19.4. The molecule has 1 aliphatic carbocycles. The number of halogens is 3. The van der Waals surface area contributed by atoms with Crippen molar-refractivity contribution in [2.75, 3.05) is 0 Å². The summed E-state index contributed by atoms with van der Waals surface area (Å²) in [5.41, 5.74) is 0.662. The van der Waals surface area contributed by atoms with E-state index >= 15 is 0 Å². The first-order chi connectivity index (χ1) is 9.40. The van der Waals surface area contributed by atoms with Crippen molar-refractivity contribution in [3.8, 4) is 5.75 Å². The molecule has 0 saturated carbocycles. The van der Waals surface area contributed by atoms with Gasteiger partial charge in [0.15, 0.2) is 0 Å². The lowest BCUT2D eigenvalue weighted by Gasteiger charge is -2.24. The highest BCUT2D eigenvalue weighted by molar-refractivity contribution is 5.48. The Morgan fingerprint density at radius 3 is 2.45 bits per heavy atom. The molecule has 0 amide bonds. The molecular formula is C16H15F3O. The lowest BCUT2D eigenvalue weighted by atomic mass is 9.96. The highest BCUT2D eigenvalue weighted by Gasteiger charge is 2.37. The van der Waals surface area contributed by atoms with Crippen LogP contribution in [-0.4, -0.2) is 12.3 Å². The van der Waals surface area contributed by atoms with E-state index in [1.807, 2.05) is 0 Å². The van der Waals surface area contributed by atoms with Crippen LogP contribution in [0.15, 0.2) is 54.1 Å². The molecule has 1 atom stereocenters. The smallest absolute Gasteiger partial charge is 0.413 e. The minimum atomic E-state index is -4.30. The largest absolute Gasteiger partial charge is 0.486 e. The summed E-state index contributed by atoms with van der Waals surface area (Å²) in [6, 6.07) is 7.06. The monoisotopic (exact) mass is 280 g/mol. The van der Waals surface area contributed by atoms with Gasteiger partial charge in [-0.3, -0.25) is 0 Å². The number of ether oxygens (including phenoxy) is 1. The van der Waals surface area contributed by atoms with Gasteiger partial charge < -0.3 is 4.74 Å². The van der Waals surface area contributed by atoms with Crippen molar-refractivity contribution in [1.82, 2.24) is 0 Å². The molecule has 4 heteroatoms. The van der Waals surface area contributed by atoms with Crippen LogP contribution in [0, 0.1) is 0 Å². The number of hydrogen-bond donors (Lipinski definition) is 0. The molecule has 0 saturated heterocycles. The summed E-state index contributed by atoms with van der Waals surface area (Å²) >= 11 is 0. The van der Waals surface area contributed by atoms with Crippen molar-refractivity contribution in [2.24, 2.45) is 0 Å². The van der Waals surface area contributed by atoms with Crippen LogP contribution in [0.1, 0.15) is 18.9 Å². The van der Waals surface area contributed by atoms with Gasteiger partial charge in [-0.25, -0.2) is 0 Å². The van der Waals surface area contributed by atoms with E-state index in [9.17, 15) is 13.2 Å². The third-order valence-electron chi connectivity index (χ3n) is 3.19. The maximum Gasteiger partial charge on any atom is 0.413 e. The van der Waals surface area contributed by atoms with E-state index < -0.39 is 17.9 Å². The standard InChI is InChI=1S/C16H15F3O/c1-3-12-5-8-13(9-6-12)20-14-7-4-11(2)15(10-14)16(17,18)19/h3-9,14H,1,10H2,2H3. The average Bonchev–Trinajstić information content (AvgIpc) is 2.40. The summed E-state index contributed by atoms with van der Waals surface area (Å²) in [6.45, 7) is 5.11. The summed E-state index contributed by atoms with van der Waals surface area (Å²) in [5, 5.41) is 0. The van der Waals surface area contributed by atoms with Gasteiger partial charge in [0.2, 0.25) is 0 Å². The van der Waals surface area contributed by atoms with Crippen LogP contribution in [-0.2, 0) is 0 Å². The van der Waals surface area contributed by atoms with Gasteiger partial charge in [-0.2, -0.15) is 13.2 Å². The minimum Gasteiger partial charge on any atom is -0.486 e. The van der Waals surface area contributed by atoms with Crippen molar-refractivity contribution in [2.45, 2.75) is 25.6 Å². The zero-order chi connectivity index (χ0) is 14.8. The molecule has 106 valence electrons. The Labute approximate surface area is 116 Å². The van der Waals surface area contributed by atoms with Gasteiger partial charge in [0.05, 0.1) is 0 Å². The molecule has 20 heavy (non-hydrogen) atoms. The second kappa shape index (κ2) is 5.57. The first-order valence-corrected chi connectivity index (χ1v) is 6.24. The normalized spacial score (nSPS) is 19.1. The molecule has 1 aromatic carbocycles. The van der Waals surface area contributed by atoms with E-state index in [0.29, 0.717) is 5.75 Å². The molecule has 0 radical (unpaired) electrons. The molecule has 2 rings (SSSR count). The summed E-state index contributed by atoms with van der Waals surface area (Å²) in [7, 11) is 0. The number of hydrogen-bond acceptors (Lipinski definition) is 1. The molecule has 0 N–H and O–H groups in total. The Morgan fingerprint density at radius 2 is 1.90 bits per heavy atom. The third-order valence-corrected chi connectivity index (χ3v) is 3.19. The Balaban J connectivity index is 2.09. The molecule has 0 heterocycles. The zero-order valence-electron chi connectivity index (χ0n) is 11.1. The molecular weight excluding hydrogens is 265 g/mol. The van der Waals surface area contributed by atoms with E-state index in [4.69, 9.17) is 4.74 Å². The topological polar surface area (TPSA) is 9.23 Å². The van der Waals surface area contributed by atoms with Gasteiger partial charge in [-0.15, -0.1) is 0 Å². The molecule has 0 aliphatic heterocycles. The molecule has 1 aliphatic rings. The zero-order valence-corrected chi connectivity index (χ0v) is 11.1. The van der Waals surface area contributed by atoms with E-state index in [1.165, 1.54) is 13.0 Å². The van der Waals surface area contributed by atoms with Crippen LogP contribution in [0.3, 0.4) is 0 Å². The van der Waals surface area contributed by atoms with Gasteiger partial charge >= 0.3 is 6.18 Å². The third kappa shape index (κ3) is 3.32. The fourth-order valence-corrected chi connectivity index (χ4v) is 2.06. The lowest BCUT2D eigenvalue weighted by molar-refractivity contribution is -0.0967. The predicted octanol–water partition coefficient (Wildman–Crippen LogP) is 4.92. The average molecular weight is 280 g/mol. The van der Waals surface area contributed by atoms with Gasteiger partial charge in [0, 0.05) is 12.0 Å². The first-order valence-electron chi connectivity index (χ1n) is 6.24. The van der Waals surface area contributed by atoms with Crippen LogP contribution in [0.2, 0.25) is 0 Å². The summed E-state index contributed by atoms with van der Waals surface area (Å²) in [4.78, 5) is 0. The van der Waals surface area contributed by atoms with Crippen LogP contribution in [0.5, 0.6) is 5.75 Å². The Bertz CT molecular complexity index is 550. The fraction of sp³-hybridized carbons (Fsp3) is 0.250. The van der Waals surface area contributed by atoms with Crippen LogP contribution >= 0.6 is 0 Å². The van der Waals surface area contributed by atoms with E-state index in [1.54, 1.807) is 36.4 Å². The molecule has 0 bridgehead atoms. The Morgan fingerprint density at radius 1 is 1.25 bits per heavy atom. The predicted molar refractivity (Wildman–Crippen MR) is 73.5 cm³/mol. The first kappa shape index (κ1) is 14.4. The van der Waals surface area contributed by atoms with Crippen LogP contribution < -0.4 is 4.74 Å². The van der Waals surface area contributed by atoms with Gasteiger partial charge in [-0.05, 0) is 36.3 Å². The molecule has 1 aromatic rings. The Hall–Kier alpha value is -1.97. The van der Waals surface area contributed by atoms with Gasteiger partial charge in [-0.1, -0.05) is 30.9 Å². The molecule has 1 nitrogen and oxygen atoms in total. The van der Waals surface area contributed by atoms with E-state index in [-0.39, 0.29) is 12.0 Å². The maximum atomic E-state index is 12.8. The van der Waals surface area contributed by atoms with Crippen LogP contribution in [0.25, 0.3) is 6.08 Å². The number of benzene rings is 1. The van der Waals surface area contributed by atoms with E-state index in [2.05, 4.69) is 6.58 Å². The van der Waals surface area contributed by atoms with Crippen LogP contribution in [0.4, 0.5) is 13.2 Å². The van der Waals surface area contributed by atoms with Crippen molar-refractivity contribution in [3.63, 3.8) is 0 Å². The molecule has 0 fully saturated rings. The highest BCUT2D eigenvalue weighted by Crippen LogP contribution is 2.35. The Kier molecular flexibility index (Phi) is 4.02. The van der Waals surface area contributed by atoms with Crippen molar-refractivity contribution in [3.05, 3.63) is 59.7 Å². The molecule has 0 aromatic heterocycles. The second-order valence-corrected chi connectivity index (χ2v) is 4.65. The summed E-state index contributed by atoms with van der Waals surface area (Å²) in [5.74, 6) is 0.548. The second-order valence-electron chi connectivity index (χ2n) is 4.65. The number of rotatable bonds is 3. The van der Waals surface area contributed by atoms with Crippen molar-refractivity contribution >= 4 is 6.08 Å². The van der Waals surface area contributed by atoms with Crippen molar-refractivity contribution < 1.29 is 17.9 Å². The summed E-state index contributed by atoms with van der Waals surface area (Å²) in [6.07, 6.45) is -0.234.